The maximum absolute atomic E-state index is 5.83. The first kappa shape index (κ1) is 9.62. The van der Waals surface area contributed by atoms with Gasteiger partial charge in [0, 0.05) is 9.92 Å². The highest BCUT2D eigenvalue weighted by atomic mass is 35.5. The van der Waals surface area contributed by atoms with Gasteiger partial charge in [0.25, 0.3) is 0 Å². The van der Waals surface area contributed by atoms with Gasteiger partial charge in [-0.25, -0.2) is 0 Å². The Hall–Kier alpha value is -0.470. The summed E-state index contributed by atoms with van der Waals surface area (Å²) in [4.78, 5) is 5.00. The van der Waals surface area contributed by atoms with E-state index in [2.05, 4.69) is 18.6 Å². The molecule has 0 unspecified atom stereocenters. The van der Waals surface area contributed by atoms with E-state index in [1.807, 2.05) is 18.2 Å². The van der Waals surface area contributed by atoms with Crippen molar-refractivity contribution in [2.45, 2.75) is 11.8 Å². The molecule has 0 aliphatic carbocycles. The quantitative estimate of drug-likeness (QED) is 0.533. The Balaban J connectivity index is 3.03. The molecule has 0 radical (unpaired) electrons. The molecule has 0 aliphatic rings. The van der Waals surface area contributed by atoms with Crippen molar-refractivity contribution in [3.8, 4) is 0 Å². The monoisotopic (exact) mass is 199 g/mol. The van der Waals surface area contributed by atoms with Crippen LogP contribution in [0.4, 0.5) is 5.69 Å². The first-order valence-electron chi connectivity index (χ1n) is 3.67. The lowest BCUT2D eigenvalue weighted by Crippen LogP contribution is -1.75. The number of hydrogen-bond acceptors (Lipinski definition) is 2. The van der Waals surface area contributed by atoms with Crippen LogP contribution >= 0.6 is 23.4 Å². The second kappa shape index (κ2) is 4.53. The van der Waals surface area contributed by atoms with Crippen molar-refractivity contribution in [2.75, 3.05) is 5.75 Å². The summed E-state index contributed by atoms with van der Waals surface area (Å²) in [5, 5.41) is 0.748. The highest BCUT2D eigenvalue weighted by Gasteiger charge is 2.00. The number of nitrogens with zero attached hydrogens (tertiary/aromatic N) is 1. The van der Waals surface area contributed by atoms with E-state index in [1.54, 1.807) is 11.8 Å². The fraction of sp³-hybridized carbons (Fsp3) is 0.222. The zero-order valence-electron chi connectivity index (χ0n) is 6.88. The van der Waals surface area contributed by atoms with Crippen LogP contribution in [0.25, 0.3) is 0 Å². The van der Waals surface area contributed by atoms with E-state index in [0.29, 0.717) is 0 Å². The predicted octanol–water partition coefficient (Wildman–Crippen LogP) is 3.78. The van der Waals surface area contributed by atoms with E-state index in [1.165, 1.54) is 0 Å². The Kier molecular flexibility index (Phi) is 3.63. The SMILES string of the molecule is C=Nc1ccc(Cl)cc1SCC. The maximum Gasteiger partial charge on any atom is 0.0759 e. The lowest BCUT2D eigenvalue weighted by molar-refractivity contribution is 1.37. The normalized spacial score (nSPS) is 9.83. The third-order valence-corrected chi connectivity index (χ3v) is 2.55. The van der Waals surface area contributed by atoms with E-state index in [9.17, 15) is 0 Å². The molecule has 3 heteroatoms. The Morgan fingerprint density at radius 3 is 2.92 bits per heavy atom. The standard InChI is InChI=1S/C9H10ClNS/c1-3-12-9-6-7(10)4-5-8(9)11-2/h4-6H,2-3H2,1H3. The molecule has 1 nitrogen and oxygen atoms in total. The minimum absolute atomic E-state index is 0.748. The number of halogens is 1. The van der Waals surface area contributed by atoms with Gasteiger partial charge in [-0.2, -0.15) is 0 Å². The van der Waals surface area contributed by atoms with Gasteiger partial charge in [0.15, 0.2) is 0 Å². The second-order valence-electron chi connectivity index (χ2n) is 2.20. The lowest BCUT2D eigenvalue weighted by atomic mass is 10.3. The highest BCUT2D eigenvalue weighted by Crippen LogP contribution is 2.31. The van der Waals surface area contributed by atoms with Gasteiger partial charge in [0.2, 0.25) is 0 Å². The third-order valence-electron chi connectivity index (χ3n) is 1.39. The molecular weight excluding hydrogens is 190 g/mol. The van der Waals surface area contributed by atoms with Gasteiger partial charge in [-0.15, -0.1) is 11.8 Å². The molecule has 0 aliphatic heterocycles. The molecule has 0 bridgehead atoms. The first-order chi connectivity index (χ1) is 5.77. The summed E-state index contributed by atoms with van der Waals surface area (Å²) < 4.78 is 0. The maximum atomic E-state index is 5.83. The van der Waals surface area contributed by atoms with Crippen molar-refractivity contribution < 1.29 is 0 Å². The van der Waals surface area contributed by atoms with Gasteiger partial charge in [-0.1, -0.05) is 18.5 Å². The van der Waals surface area contributed by atoms with Crippen LogP contribution in [0.3, 0.4) is 0 Å². The minimum Gasteiger partial charge on any atom is -0.263 e. The average molecular weight is 200 g/mol. The third kappa shape index (κ3) is 2.26. The van der Waals surface area contributed by atoms with Crippen LogP contribution in [-0.4, -0.2) is 12.5 Å². The number of benzene rings is 1. The molecule has 0 fully saturated rings. The largest absolute Gasteiger partial charge is 0.263 e. The molecule has 0 atom stereocenters. The molecule has 0 aromatic heterocycles. The summed E-state index contributed by atoms with van der Waals surface area (Å²) in [6.45, 7) is 5.59. The predicted molar refractivity (Wildman–Crippen MR) is 57.1 cm³/mol. The molecular formula is C9H10ClNS. The van der Waals surface area contributed by atoms with Crippen LogP contribution in [0, 0.1) is 0 Å². The van der Waals surface area contributed by atoms with Crippen molar-refractivity contribution in [2.24, 2.45) is 4.99 Å². The van der Waals surface area contributed by atoms with Gasteiger partial charge in [0.1, 0.15) is 0 Å². The average Bonchev–Trinajstić information content (AvgIpc) is 2.05. The van der Waals surface area contributed by atoms with Crippen molar-refractivity contribution in [3.63, 3.8) is 0 Å². The van der Waals surface area contributed by atoms with Crippen molar-refractivity contribution >= 4 is 35.8 Å². The van der Waals surface area contributed by atoms with E-state index < -0.39 is 0 Å². The summed E-state index contributed by atoms with van der Waals surface area (Å²) in [7, 11) is 0. The zero-order valence-corrected chi connectivity index (χ0v) is 8.45. The molecule has 0 spiro atoms. The highest BCUT2D eigenvalue weighted by molar-refractivity contribution is 7.99. The molecule has 0 amide bonds. The van der Waals surface area contributed by atoms with Crippen LogP contribution in [-0.2, 0) is 0 Å². The summed E-state index contributed by atoms with van der Waals surface area (Å²) in [5.74, 6) is 1.02. The van der Waals surface area contributed by atoms with Gasteiger partial charge < -0.3 is 0 Å². The van der Waals surface area contributed by atoms with Gasteiger partial charge in [-0.3, -0.25) is 4.99 Å². The van der Waals surface area contributed by atoms with Crippen molar-refractivity contribution in [1.29, 1.82) is 0 Å². The molecule has 0 saturated carbocycles. The molecule has 0 heterocycles. The number of rotatable bonds is 3. The van der Waals surface area contributed by atoms with E-state index in [4.69, 9.17) is 11.6 Å². The van der Waals surface area contributed by atoms with Crippen molar-refractivity contribution in [1.82, 2.24) is 0 Å². The van der Waals surface area contributed by atoms with E-state index in [0.717, 1.165) is 21.4 Å². The Bertz CT molecular complexity index is 286. The summed E-state index contributed by atoms with van der Waals surface area (Å²) >= 11 is 7.56. The van der Waals surface area contributed by atoms with Gasteiger partial charge in [0.05, 0.1) is 5.69 Å². The fourth-order valence-corrected chi connectivity index (χ4v) is 1.93. The zero-order chi connectivity index (χ0) is 8.97. The van der Waals surface area contributed by atoms with Crippen LogP contribution in [0.15, 0.2) is 28.1 Å². The summed E-state index contributed by atoms with van der Waals surface area (Å²) in [6.07, 6.45) is 0. The minimum atomic E-state index is 0.748. The van der Waals surface area contributed by atoms with Crippen LogP contribution in [0.1, 0.15) is 6.92 Å². The van der Waals surface area contributed by atoms with Crippen molar-refractivity contribution in [3.05, 3.63) is 23.2 Å². The van der Waals surface area contributed by atoms with Crippen LogP contribution in [0.2, 0.25) is 5.02 Å². The fourth-order valence-electron chi connectivity index (χ4n) is 0.890. The van der Waals surface area contributed by atoms with Gasteiger partial charge >= 0.3 is 0 Å². The number of thioether (sulfide) groups is 1. The Labute approximate surface area is 81.8 Å². The summed E-state index contributed by atoms with van der Waals surface area (Å²) in [6, 6.07) is 5.62. The van der Waals surface area contributed by atoms with E-state index in [-0.39, 0.29) is 0 Å². The van der Waals surface area contributed by atoms with Crippen LogP contribution in [0.5, 0.6) is 0 Å². The molecule has 0 saturated heterocycles. The molecule has 1 aromatic carbocycles. The van der Waals surface area contributed by atoms with Crippen LogP contribution < -0.4 is 0 Å². The summed E-state index contributed by atoms with van der Waals surface area (Å²) in [5.41, 5.74) is 0.909. The molecule has 1 rings (SSSR count). The first-order valence-corrected chi connectivity index (χ1v) is 5.03. The van der Waals surface area contributed by atoms with E-state index >= 15 is 0 Å². The Morgan fingerprint density at radius 1 is 1.58 bits per heavy atom. The smallest absolute Gasteiger partial charge is 0.0759 e. The molecule has 64 valence electrons. The Morgan fingerprint density at radius 2 is 2.33 bits per heavy atom. The molecule has 1 aromatic rings. The second-order valence-corrected chi connectivity index (χ2v) is 3.95. The lowest BCUT2D eigenvalue weighted by Gasteiger charge is -2.02. The molecule has 12 heavy (non-hydrogen) atoms. The molecule has 0 N–H and O–H groups in total. The topological polar surface area (TPSA) is 12.4 Å². The number of hydrogen-bond donors (Lipinski definition) is 0. The van der Waals surface area contributed by atoms with Gasteiger partial charge in [-0.05, 0) is 30.7 Å². The number of aliphatic imine (C=N–C) groups is 1.